The molecule has 0 atom stereocenters. The highest BCUT2D eigenvalue weighted by Crippen LogP contribution is 2.54. The lowest BCUT2D eigenvalue weighted by atomic mass is 10.1. The number of nitrogens with zero attached hydrogens (tertiary/aromatic N) is 6. The molecule has 0 radical (unpaired) electrons. The topological polar surface area (TPSA) is 110 Å². The van der Waals surface area contributed by atoms with Crippen molar-refractivity contribution in [3.8, 4) is 6.07 Å². The van der Waals surface area contributed by atoms with Gasteiger partial charge in [0, 0.05) is 55.5 Å². The zero-order valence-electron chi connectivity index (χ0n) is 61.1. The number of carbonyl (C=O) groups is 3. The van der Waals surface area contributed by atoms with Gasteiger partial charge in [0.1, 0.15) is 13.1 Å². The Kier molecular flexibility index (Phi) is 25.2. The Morgan fingerprint density at radius 3 is 0.905 bits per heavy atom. The summed E-state index contributed by atoms with van der Waals surface area (Å²) in [6, 6.07) is 63.9. The van der Waals surface area contributed by atoms with Gasteiger partial charge < -0.3 is 24.2 Å². The van der Waals surface area contributed by atoms with E-state index in [1.54, 1.807) is 64.1 Å². The minimum absolute atomic E-state index is 0.0907. The zero-order valence-corrected chi connectivity index (χ0v) is 66.0. The SMILES string of the molecule is CCOC(=O)CCN1c2ccc(C)cc2Sc2cc(C)ccc21.CCOC(=O)N1c2ccc(C)cc2Sc2cc(C)ccc21.CCSC(=O)N1c2ccc(C)cc2Sc2cc(C)ccc21.Cc1ccc2c(c1)Sc1cc(C)ccc1N2CC#N.Cc1ccc2c(c1)Sc1cc(C)ccc1N2CC(F)(F)F. The minimum atomic E-state index is -4.24. The molecule has 0 unspecified atom stereocenters. The normalized spacial score (nSPS) is 12.9. The number of amides is 2. The number of carbonyl (C=O) groups excluding carboxylic acids is 3. The number of aryl methyl sites for hydroxylation is 10. The van der Waals surface area contributed by atoms with E-state index in [0.29, 0.717) is 44.1 Å². The lowest BCUT2D eigenvalue weighted by molar-refractivity contribution is -0.142. The number of ether oxygens (including phenoxy) is 2. The van der Waals surface area contributed by atoms with Crippen LogP contribution in [0, 0.1) is 80.6 Å². The van der Waals surface area contributed by atoms with Crippen molar-refractivity contribution in [3.05, 3.63) is 238 Å². The van der Waals surface area contributed by atoms with Crippen molar-refractivity contribution in [3.63, 3.8) is 0 Å². The summed E-state index contributed by atoms with van der Waals surface area (Å²) >= 11 is 9.92. The Morgan fingerprint density at radius 1 is 0.381 bits per heavy atom. The summed E-state index contributed by atoms with van der Waals surface area (Å²) in [6.45, 7) is 27.1. The van der Waals surface area contributed by atoms with Crippen LogP contribution in [0.3, 0.4) is 0 Å². The molecule has 5 aliphatic rings. The van der Waals surface area contributed by atoms with Gasteiger partial charge in [0.05, 0.1) is 82.6 Å². The van der Waals surface area contributed by atoms with Gasteiger partial charge in [0.25, 0.3) is 5.24 Å². The monoisotopic (exact) mass is 1520 g/mol. The minimum Gasteiger partial charge on any atom is -0.466 e. The summed E-state index contributed by atoms with van der Waals surface area (Å²) < 4.78 is 49.1. The highest BCUT2D eigenvalue weighted by atomic mass is 32.2. The van der Waals surface area contributed by atoms with E-state index in [9.17, 15) is 27.6 Å². The predicted octanol–water partition coefficient (Wildman–Crippen LogP) is 25.6. The van der Waals surface area contributed by atoms with Gasteiger partial charge in [-0.25, -0.2) is 9.69 Å². The van der Waals surface area contributed by atoms with Crippen LogP contribution >= 0.6 is 70.6 Å². The van der Waals surface area contributed by atoms with Crippen LogP contribution in [0.5, 0.6) is 0 Å². The molecule has 0 aromatic heterocycles. The molecule has 0 aliphatic carbocycles. The van der Waals surface area contributed by atoms with Crippen molar-refractivity contribution in [2.24, 2.45) is 0 Å². The highest BCUT2D eigenvalue weighted by Gasteiger charge is 2.36. The fraction of sp³-hybridized carbons (Fsp3) is 0.247. The number of rotatable bonds is 8. The van der Waals surface area contributed by atoms with E-state index in [4.69, 9.17) is 14.7 Å². The molecule has 5 heterocycles. The number of halogens is 3. The Labute approximate surface area is 640 Å². The van der Waals surface area contributed by atoms with E-state index in [1.807, 2.05) is 88.0 Å². The molecule has 0 N–H and O–H groups in total. The van der Waals surface area contributed by atoms with Gasteiger partial charge in [-0.1, -0.05) is 138 Å². The average molecular weight is 1520 g/mol. The first-order valence-corrected chi connectivity index (χ1v) is 39.7. The fourth-order valence-corrected chi connectivity index (χ4v) is 19.3. The number of anilines is 10. The summed E-state index contributed by atoms with van der Waals surface area (Å²) in [7, 11) is 0. The van der Waals surface area contributed by atoms with Crippen molar-refractivity contribution in [2.45, 2.75) is 152 Å². The van der Waals surface area contributed by atoms with Gasteiger partial charge in [-0.15, -0.1) is 0 Å². The maximum atomic E-state index is 12.9. The Bertz CT molecular complexity index is 4610. The van der Waals surface area contributed by atoms with Crippen LogP contribution in [-0.2, 0) is 14.3 Å². The quantitative estimate of drug-likeness (QED) is 0.106. The third kappa shape index (κ3) is 18.5. The summed E-state index contributed by atoms with van der Waals surface area (Å²) in [6.07, 6.45) is -4.18. The van der Waals surface area contributed by atoms with E-state index in [1.165, 1.54) is 104 Å². The first-order valence-electron chi connectivity index (χ1n) is 34.6. The first-order chi connectivity index (χ1) is 50.3. The van der Waals surface area contributed by atoms with Crippen molar-refractivity contribution < 1.29 is 37.0 Å². The molecule has 0 saturated heterocycles. The molecule has 11 nitrogen and oxygen atoms in total. The van der Waals surface area contributed by atoms with E-state index in [2.05, 4.69) is 193 Å². The van der Waals surface area contributed by atoms with Crippen LogP contribution in [0.2, 0.25) is 0 Å². The van der Waals surface area contributed by atoms with E-state index in [-0.39, 0.29) is 17.3 Å². The molecule has 0 fully saturated rings. The Morgan fingerprint density at radius 2 is 0.638 bits per heavy atom. The van der Waals surface area contributed by atoms with Crippen LogP contribution in [0.15, 0.2) is 231 Å². The summed E-state index contributed by atoms with van der Waals surface area (Å²) in [5.74, 6) is 0.637. The largest absolute Gasteiger partial charge is 0.466 e. The number of nitriles is 1. The number of thioether (sulfide) groups is 1. The van der Waals surface area contributed by atoms with E-state index < -0.39 is 12.7 Å². The molecule has 20 heteroatoms. The fourth-order valence-electron chi connectivity index (χ4n) is 12.4. The van der Waals surface area contributed by atoms with Crippen LogP contribution in [0.25, 0.3) is 0 Å². The maximum absolute atomic E-state index is 12.9. The molecule has 0 saturated carbocycles. The van der Waals surface area contributed by atoms with Gasteiger partial charge in [-0.3, -0.25) is 14.5 Å². The van der Waals surface area contributed by atoms with Crippen LogP contribution in [-0.4, -0.2) is 62.1 Å². The first kappa shape index (κ1) is 77.3. The second kappa shape index (κ2) is 34.2. The van der Waals surface area contributed by atoms with Crippen LogP contribution in [0.1, 0.15) is 82.8 Å². The lowest BCUT2D eigenvalue weighted by Crippen LogP contribution is -2.32. The molecule has 10 aromatic carbocycles. The van der Waals surface area contributed by atoms with Gasteiger partial charge in [-0.05, 0) is 266 Å². The molecule has 15 rings (SSSR count). The number of esters is 1. The summed E-state index contributed by atoms with van der Waals surface area (Å²) in [5.41, 5.74) is 21.5. The second-order valence-electron chi connectivity index (χ2n) is 25.9. The number of fused-ring (bicyclic) bond motifs is 10. The molecule has 0 bridgehead atoms. The van der Waals surface area contributed by atoms with Crippen molar-refractivity contribution in [1.29, 1.82) is 5.26 Å². The maximum Gasteiger partial charge on any atom is 0.419 e. The molecule has 105 heavy (non-hydrogen) atoms. The molecule has 10 aromatic rings. The number of hydrogen-bond acceptors (Lipinski definition) is 15. The van der Waals surface area contributed by atoms with Crippen LogP contribution in [0.4, 0.5) is 79.6 Å². The molecule has 540 valence electrons. The van der Waals surface area contributed by atoms with Gasteiger partial charge >= 0.3 is 18.2 Å². The number of alkyl halides is 3. The van der Waals surface area contributed by atoms with Gasteiger partial charge in [0.2, 0.25) is 0 Å². The molecule has 5 aliphatic heterocycles. The molecular formula is C85H83F3N6O5S6. The third-order valence-corrected chi connectivity index (χ3v) is 23.5. The van der Waals surface area contributed by atoms with E-state index in [0.717, 1.165) is 80.4 Å². The van der Waals surface area contributed by atoms with Gasteiger partial charge in [0.15, 0.2) is 0 Å². The second-order valence-corrected chi connectivity index (χ2v) is 32.6. The molecule has 0 spiro atoms. The van der Waals surface area contributed by atoms with Gasteiger partial charge in [-0.2, -0.15) is 18.4 Å². The predicted molar refractivity (Wildman–Crippen MR) is 431 cm³/mol. The highest BCUT2D eigenvalue weighted by molar-refractivity contribution is 8.13. The number of hydrogen-bond donors (Lipinski definition) is 0. The zero-order chi connectivity index (χ0) is 75.0. The van der Waals surface area contributed by atoms with Crippen molar-refractivity contribution >= 4 is 145 Å². The standard InChI is InChI=1S/C19H21NO2S.C17H17NO2S.C17H17NOS2.C16H14F3NS.C16H14N2S/c1-4-22-19(21)9-10-20-15-7-5-13(2)11-17(15)23-18-12-14(3)6-8-16(18)20;2*1-4-20-17(19)18-13-7-5-11(2)9-15(13)21-16-10-12(3)6-8-14(16)18;1-10-3-5-12-14(7-10)21-15-8-11(2)4-6-13(15)20(12)9-16(17,18)19;1-11-3-5-13-15(9-11)19-16-10-12(2)4-6-14(16)18(13)8-7-17/h5-8,11-12H,4,9-10H2,1-3H3;2*5-10H,4H2,1-3H3;3-8H,9H2,1-2H3;3-6,9-10H,8H2,1-2H3. The smallest absolute Gasteiger partial charge is 0.419 e. The Hall–Kier alpha value is -8.81. The Balaban J connectivity index is 0.000000131. The average Bonchev–Trinajstić information content (AvgIpc) is 0.792. The summed E-state index contributed by atoms with van der Waals surface area (Å²) in [5, 5.41) is 9.17. The third-order valence-electron chi connectivity index (χ3n) is 17.3. The molecule has 2 amide bonds. The number of benzene rings is 10. The van der Waals surface area contributed by atoms with Crippen molar-refractivity contribution in [1.82, 2.24) is 0 Å². The summed E-state index contributed by atoms with van der Waals surface area (Å²) in [4.78, 5) is 57.1. The lowest BCUT2D eigenvalue weighted by Gasteiger charge is -2.33. The van der Waals surface area contributed by atoms with Crippen LogP contribution < -0.4 is 24.5 Å². The van der Waals surface area contributed by atoms with Crippen molar-refractivity contribution in [2.75, 3.05) is 63.1 Å². The molecular weight excluding hydrogens is 1430 g/mol. The van der Waals surface area contributed by atoms with E-state index >= 15 is 0 Å².